The van der Waals surface area contributed by atoms with Crippen molar-refractivity contribution in [2.45, 2.75) is 13.5 Å². The van der Waals surface area contributed by atoms with Crippen molar-refractivity contribution in [1.29, 1.82) is 5.26 Å². The Kier molecular flexibility index (Phi) is 5.51. The van der Waals surface area contributed by atoms with Crippen LogP contribution in [0.4, 0.5) is 9.57 Å². The molecule has 0 aliphatic rings. The molecule has 0 saturated heterocycles. The van der Waals surface area contributed by atoms with Crippen LogP contribution in [0, 0.1) is 18.3 Å². The second-order valence-corrected chi connectivity index (χ2v) is 5.17. The summed E-state index contributed by atoms with van der Waals surface area (Å²) >= 11 is -2.86. The molecule has 0 aliphatic carbocycles. The Balaban J connectivity index is 2.12. The monoisotopic (exact) mass is 335 g/mol. The highest BCUT2D eigenvalue weighted by Crippen LogP contribution is 2.23. The predicted molar refractivity (Wildman–Crippen MR) is 84.4 cm³/mol. The molecule has 0 saturated carbocycles. The zero-order valence-corrected chi connectivity index (χ0v) is 13.0. The predicted octanol–water partition coefficient (Wildman–Crippen LogP) is 2.66. The van der Waals surface area contributed by atoms with Gasteiger partial charge in [0.1, 0.15) is 18.1 Å². The number of halogens is 1. The van der Waals surface area contributed by atoms with E-state index in [-0.39, 0.29) is 12.4 Å². The first-order valence-electron chi connectivity index (χ1n) is 6.53. The Morgan fingerprint density at radius 2 is 1.96 bits per heavy atom. The van der Waals surface area contributed by atoms with Gasteiger partial charge in [-0.1, -0.05) is 3.89 Å². The van der Waals surface area contributed by atoms with Crippen LogP contribution in [0.15, 0.2) is 36.4 Å². The quantitative estimate of drug-likeness (QED) is 0.478. The van der Waals surface area contributed by atoms with Crippen LogP contribution in [-0.2, 0) is 18.1 Å². The first-order valence-corrected chi connectivity index (χ1v) is 7.50. The normalized spacial score (nSPS) is 11.4. The minimum atomic E-state index is -2.86. The van der Waals surface area contributed by atoms with Gasteiger partial charge in [-0.25, -0.2) is 0 Å². The van der Waals surface area contributed by atoms with Crippen LogP contribution in [0.1, 0.15) is 16.7 Å². The molecule has 0 bridgehead atoms. The number of aryl methyl sites for hydroxylation is 1. The molecule has 0 aromatic heterocycles. The van der Waals surface area contributed by atoms with Crippen LogP contribution < -0.4 is 20.2 Å². The number of nitrogens with two attached hydrogens (primary N) is 1. The van der Waals surface area contributed by atoms with Crippen molar-refractivity contribution >= 4 is 17.2 Å². The fraction of sp³-hybridized carbons (Fsp3) is 0.133. The molecule has 23 heavy (non-hydrogen) atoms. The highest BCUT2D eigenvalue weighted by Gasteiger charge is 2.09. The molecule has 1 atom stereocenters. The molecule has 0 heterocycles. The highest BCUT2D eigenvalue weighted by molar-refractivity contribution is 7.75. The van der Waals surface area contributed by atoms with Crippen molar-refractivity contribution in [3.63, 3.8) is 0 Å². The summed E-state index contributed by atoms with van der Waals surface area (Å²) in [7, 11) is 0. The maximum atomic E-state index is 12.2. The summed E-state index contributed by atoms with van der Waals surface area (Å²) in [5, 5.41) is 9.23. The summed E-state index contributed by atoms with van der Waals surface area (Å²) in [5.74, 6) is 5.99. The molecule has 1 unspecified atom stereocenters. The Hall–Kier alpha value is -2.63. The average Bonchev–Trinajstić information content (AvgIpc) is 2.53. The van der Waals surface area contributed by atoms with E-state index in [0.29, 0.717) is 17.0 Å². The third-order valence-corrected chi connectivity index (χ3v) is 3.45. The van der Waals surface area contributed by atoms with Gasteiger partial charge in [0, 0.05) is 5.56 Å². The minimum absolute atomic E-state index is 0.130. The Morgan fingerprint density at radius 1 is 1.30 bits per heavy atom. The van der Waals surface area contributed by atoms with Crippen LogP contribution in [0.3, 0.4) is 0 Å². The van der Waals surface area contributed by atoms with Gasteiger partial charge in [-0.3, -0.25) is 5.84 Å². The number of nitriles is 1. The summed E-state index contributed by atoms with van der Waals surface area (Å²) in [6, 6.07) is 11.5. The van der Waals surface area contributed by atoms with Crippen molar-refractivity contribution < 1.29 is 17.0 Å². The van der Waals surface area contributed by atoms with E-state index < -0.39 is 11.5 Å². The molecule has 8 heteroatoms. The van der Waals surface area contributed by atoms with Gasteiger partial charge in [0.05, 0.1) is 17.3 Å². The Bertz CT molecular complexity index is 760. The first-order chi connectivity index (χ1) is 11.0. The molecule has 0 amide bonds. The van der Waals surface area contributed by atoms with Crippen LogP contribution in [0.5, 0.6) is 11.5 Å². The molecule has 3 N–H and O–H groups in total. The summed E-state index contributed by atoms with van der Waals surface area (Å²) in [5.41, 5.74) is 5.22. The number of anilines is 1. The number of hydrogen-bond acceptors (Lipinski definition) is 6. The number of rotatable bonds is 6. The molecule has 0 fully saturated rings. The number of nitrogens with one attached hydrogen (secondary N) is 1. The lowest BCUT2D eigenvalue weighted by Gasteiger charge is -2.12. The fourth-order valence-electron chi connectivity index (χ4n) is 2.01. The summed E-state index contributed by atoms with van der Waals surface area (Å²) in [4.78, 5) is 0. The lowest BCUT2D eigenvalue weighted by Crippen LogP contribution is -2.09. The second kappa shape index (κ2) is 7.58. The largest absolute Gasteiger partial charge is 0.489 e. The average molecular weight is 335 g/mol. The zero-order chi connectivity index (χ0) is 16.8. The Morgan fingerprint density at radius 3 is 2.52 bits per heavy atom. The first kappa shape index (κ1) is 16.7. The molecule has 2 rings (SSSR count). The maximum Gasteiger partial charge on any atom is 0.401 e. The minimum Gasteiger partial charge on any atom is -0.489 e. The van der Waals surface area contributed by atoms with Gasteiger partial charge in [0.15, 0.2) is 0 Å². The van der Waals surface area contributed by atoms with Crippen molar-refractivity contribution in [3.05, 3.63) is 53.1 Å². The maximum absolute atomic E-state index is 12.2. The molecular formula is C15H14FN3O3S. The van der Waals surface area contributed by atoms with E-state index >= 15 is 0 Å². The van der Waals surface area contributed by atoms with Crippen molar-refractivity contribution in [2.75, 3.05) is 5.43 Å². The molecule has 6 nitrogen and oxygen atoms in total. The third-order valence-electron chi connectivity index (χ3n) is 3.13. The number of hydrogen-bond donors (Lipinski definition) is 2. The van der Waals surface area contributed by atoms with Gasteiger partial charge in [-0.15, -0.1) is 0 Å². The van der Waals surface area contributed by atoms with Gasteiger partial charge >= 0.3 is 11.5 Å². The SMILES string of the molecule is Cc1cc(NN)cc(C#N)c1COc1ccc(OS(=O)F)cc1. The van der Waals surface area contributed by atoms with Gasteiger partial charge in [0.25, 0.3) is 0 Å². The van der Waals surface area contributed by atoms with E-state index in [1.54, 1.807) is 18.2 Å². The van der Waals surface area contributed by atoms with Gasteiger partial charge in [-0.05, 0) is 48.9 Å². The smallest absolute Gasteiger partial charge is 0.401 e. The van der Waals surface area contributed by atoms with Gasteiger partial charge < -0.3 is 14.3 Å². The van der Waals surface area contributed by atoms with Crippen molar-refractivity contribution in [1.82, 2.24) is 0 Å². The summed E-state index contributed by atoms with van der Waals surface area (Å²) in [6.45, 7) is 2.04. The van der Waals surface area contributed by atoms with E-state index in [1.165, 1.54) is 12.1 Å². The van der Waals surface area contributed by atoms with Gasteiger partial charge in [0.2, 0.25) is 0 Å². The topological polar surface area (TPSA) is 97.4 Å². The Labute approximate surface area is 135 Å². The molecule has 0 radical (unpaired) electrons. The van der Waals surface area contributed by atoms with E-state index in [1.807, 2.05) is 13.0 Å². The van der Waals surface area contributed by atoms with E-state index in [4.69, 9.17) is 10.6 Å². The number of nitrogens with zero attached hydrogens (tertiary/aromatic N) is 1. The molecule has 120 valence electrons. The number of ether oxygens (including phenoxy) is 1. The number of benzene rings is 2. The van der Waals surface area contributed by atoms with Crippen LogP contribution in [-0.4, -0.2) is 4.21 Å². The molecule has 0 aliphatic heterocycles. The second-order valence-electron chi connectivity index (χ2n) is 4.61. The van der Waals surface area contributed by atoms with Crippen LogP contribution >= 0.6 is 0 Å². The summed E-state index contributed by atoms with van der Waals surface area (Å²) in [6.07, 6.45) is 0. The molecular weight excluding hydrogens is 321 g/mol. The van der Waals surface area contributed by atoms with E-state index in [2.05, 4.69) is 15.7 Å². The van der Waals surface area contributed by atoms with Crippen LogP contribution in [0.25, 0.3) is 0 Å². The van der Waals surface area contributed by atoms with E-state index in [0.717, 1.165) is 11.1 Å². The molecule has 0 spiro atoms. The van der Waals surface area contributed by atoms with Crippen molar-refractivity contribution in [2.24, 2.45) is 5.84 Å². The van der Waals surface area contributed by atoms with Crippen molar-refractivity contribution in [3.8, 4) is 17.6 Å². The lowest BCUT2D eigenvalue weighted by molar-refractivity contribution is 0.305. The number of hydrazine groups is 1. The zero-order valence-electron chi connectivity index (χ0n) is 12.2. The van der Waals surface area contributed by atoms with Gasteiger partial charge in [-0.2, -0.15) is 9.47 Å². The summed E-state index contributed by atoms with van der Waals surface area (Å²) < 4.78 is 32.6. The molecule has 2 aromatic rings. The fourth-order valence-corrected chi connectivity index (χ4v) is 2.28. The highest BCUT2D eigenvalue weighted by atomic mass is 32.2. The lowest BCUT2D eigenvalue weighted by atomic mass is 10.0. The standard InChI is InChI=1S/C15H14FN3O3S/c1-10-6-12(19-18)7-11(8-17)15(10)9-21-13-2-4-14(5-3-13)22-23(16)20/h2-7,19H,9,18H2,1H3. The third kappa shape index (κ3) is 4.42. The number of nitrogen functional groups attached to an aromatic ring is 1. The molecule has 2 aromatic carbocycles. The van der Waals surface area contributed by atoms with E-state index in [9.17, 15) is 13.4 Å². The van der Waals surface area contributed by atoms with Crippen LogP contribution in [0.2, 0.25) is 0 Å².